The van der Waals surface area contributed by atoms with Crippen LogP contribution in [0.1, 0.15) is 27.2 Å². The molecule has 0 aliphatic heterocycles. The fourth-order valence-corrected chi connectivity index (χ4v) is 3.40. The van der Waals surface area contributed by atoms with Crippen molar-refractivity contribution in [3.63, 3.8) is 0 Å². The number of anilines is 1. The fraction of sp³-hybridized carbons (Fsp3) is 0.200. The zero-order valence-electron chi connectivity index (χ0n) is 13.6. The summed E-state index contributed by atoms with van der Waals surface area (Å²) in [4.78, 5) is 19.3. The first kappa shape index (κ1) is 16.8. The van der Waals surface area contributed by atoms with Gasteiger partial charge in [-0.25, -0.2) is 9.50 Å². The van der Waals surface area contributed by atoms with Crippen LogP contribution in [0.2, 0.25) is 0 Å². The van der Waals surface area contributed by atoms with Crippen LogP contribution in [0.25, 0.3) is 5.78 Å². The van der Waals surface area contributed by atoms with Crippen molar-refractivity contribution in [1.82, 2.24) is 19.6 Å². The van der Waals surface area contributed by atoms with Crippen LogP contribution in [0.3, 0.4) is 0 Å². The van der Waals surface area contributed by atoms with Gasteiger partial charge in [-0.05, 0) is 38.0 Å². The van der Waals surface area contributed by atoms with Gasteiger partial charge >= 0.3 is 0 Å². The molecule has 0 bridgehead atoms. The Morgan fingerprint density at radius 3 is 2.48 bits per heavy atom. The summed E-state index contributed by atoms with van der Waals surface area (Å²) in [6, 6.07) is 4.85. The Hall–Kier alpha value is -3.01. The lowest BCUT2D eigenvalue weighted by atomic mass is 10.0. The number of nitrogens with zero attached hydrogens (tertiary/aromatic N) is 4. The topological polar surface area (TPSA) is 129 Å². The number of sulfonamides is 1. The normalized spacial score (nSPS) is 11.6. The number of hydrogen-bond acceptors (Lipinski definition) is 7. The van der Waals surface area contributed by atoms with E-state index in [1.807, 2.05) is 0 Å². The molecule has 3 aromatic rings. The predicted octanol–water partition coefficient (Wildman–Crippen LogP) is 0.214. The molecule has 0 aliphatic rings. The predicted molar refractivity (Wildman–Crippen MR) is 86.6 cm³/mol. The van der Waals surface area contributed by atoms with Crippen LogP contribution in [-0.4, -0.2) is 34.0 Å². The van der Waals surface area contributed by atoms with Gasteiger partial charge in [-0.3, -0.25) is 4.72 Å². The molecule has 3 rings (SSSR count). The number of hydrogen-bond donors (Lipinski definition) is 1. The number of carbonyl (C=O) groups excluding carboxylic acids is 1. The molecule has 9 nitrogen and oxygen atoms in total. The molecule has 0 amide bonds. The van der Waals surface area contributed by atoms with Crippen molar-refractivity contribution in [2.75, 3.05) is 4.72 Å². The van der Waals surface area contributed by atoms with E-state index in [1.54, 1.807) is 39.0 Å². The highest BCUT2D eigenvalue weighted by molar-refractivity contribution is 7.92. The third kappa shape index (κ3) is 2.91. The molecule has 25 heavy (non-hydrogen) atoms. The first-order valence-corrected chi connectivity index (χ1v) is 8.72. The van der Waals surface area contributed by atoms with Crippen LogP contribution in [0.4, 0.5) is 5.69 Å². The summed E-state index contributed by atoms with van der Waals surface area (Å²) in [6.07, 6.45) is 1.49. The summed E-state index contributed by atoms with van der Waals surface area (Å²) < 4.78 is 28.8. The lowest BCUT2D eigenvalue weighted by Gasteiger charge is -2.17. The van der Waals surface area contributed by atoms with E-state index in [4.69, 9.17) is 0 Å². The van der Waals surface area contributed by atoms with Crippen LogP contribution in [0.15, 0.2) is 29.6 Å². The molecule has 0 aliphatic carbocycles. The van der Waals surface area contributed by atoms with Crippen LogP contribution in [0, 0.1) is 20.8 Å². The van der Waals surface area contributed by atoms with Gasteiger partial charge in [0.2, 0.25) is 0 Å². The average molecular weight is 360 g/mol. The van der Waals surface area contributed by atoms with Crippen molar-refractivity contribution in [3.8, 4) is 0 Å². The Kier molecular flexibility index (Phi) is 3.91. The number of carbonyl (C=O) groups is 1. The molecular formula is C15H14N5O4S-. The zero-order chi connectivity index (χ0) is 18.4. The Balaban J connectivity index is 2.12. The molecule has 2 heterocycles. The monoisotopic (exact) mass is 360 g/mol. The second-order valence-electron chi connectivity index (χ2n) is 5.53. The Labute approximate surface area is 143 Å². The van der Waals surface area contributed by atoms with E-state index >= 15 is 0 Å². The largest absolute Gasteiger partial charge is 0.545 e. The molecule has 1 aromatic carbocycles. The van der Waals surface area contributed by atoms with E-state index in [0.717, 1.165) is 0 Å². The maximum atomic E-state index is 12.6. The van der Waals surface area contributed by atoms with Crippen LogP contribution >= 0.6 is 0 Å². The maximum Gasteiger partial charge on any atom is 0.299 e. The van der Waals surface area contributed by atoms with Gasteiger partial charge in [0.15, 0.2) is 0 Å². The fourth-order valence-electron chi connectivity index (χ4n) is 2.39. The van der Waals surface area contributed by atoms with E-state index in [2.05, 4.69) is 19.8 Å². The number of carboxylic acid groups (broad SMARTS) is 1. The Morgan fingerprint density at radius 2 is 1.84 bits per heavy atom. The van der Waals surface area contributed by atoms with Gasteiger partial charge < -0.3 is 9.90 Å². The van der Waals surface area contributed by atoms with Gasteiger partial charge in [-0.15, -0.1) is 5.10 Å². The van der Waals surface area contributed by atoms with Crippen LogP contribution in [0.5, 0.6) is 0 Å². The lowest BCUT2D eigenvalue weighted by molar-refractivity contribution is -0.255. The molecule has 0 fully saturated rings. The number of rotatable bonds is 4. The number of fused-ring (bicyclic) bond motifs is 1. The van der Waals surface area contributed by atoms with Crippen molar-refractivity contribution < 1.29 is 18.3 Å². The Bertz CT molecular complexity index is 1100. The summed E-state index contributed by atoms with van der Waals surface area (Å²) in [5.74, 6) is -1.35. The molecular weight excluding hydrogens is 346 g/mol. The smallest absolute Gasteiger partial charge is 0.299 e. The van der Waals surface area contributed by atoms with Crippen molar-refractivity contribution in [3.05, 3.63) is 46.8 Å². The third-order valence-corrected chi connectivity index (χ3v) is 4.84. The number of nitrogens with one attached hydrogen (secondary N) is 1. The summed E-state index contributed by atoms with van der Waals surface area (Å²) in [5, 5.41) is 14.8. The molecule has 0 spiro atoms. The molecule has 0 unspecified atom stereocenters. The minimum absolute atomic E-state index is 0.0662. The van der Waals surface area contributed by atoms with Crippen molar-refractivity contribution in [1.29, 1.82) is 0 Å². The van der Waals surface area contributed by atoms with Crippen molar-refractivity contribution in [2.45, 2.75) is 25.9 Å². The molecule has 2 aromatic heterocycles. The highest BCUT2D eigenvalue weighted by Gasteiger charge is 2.24. The van der Waals surface area contributed by atoms with E-state index in [-0.39, 0.29) is 17.0 Å². The van der Waals surface area contributed by atoms with Crippen LogP contribution in [-0.2, 0) is 10.0 Å². The van der Waals surface area contributed by atoms with Gasteiger partial charge in [-0.1, -0.05) is 12.1 Å². The van der Waals surface area contributed by atoms with Gasteiger partial charge in [0.05, 0.1) is 11.7 Å². The van der Waals surface area contributed by atoms with Gasteiger partial charge in [-0.2, -0.15) is 13.4 Å². The zero-order valence-corrected chi connectivity index (χ0v) is 14.5. The van der Waals surface area contributed by atoms with E-state index in [0.29, 0.717) is 16.8 Å². The number of carboxylic acids is 1. The highest BCUT2D eigenvalue weighted by Crippen LogP contribution is 2.26. The summed E-state index contributed by atoms with van der Waals surface area (Å²) in [6.45, 7) is 4.87. The van der Waals surface area contributed by atoms with E-state index < -0.39 is 21.1 Å². The van der Waals surface area contributed by atoms with Crippen molar-refractivity contribution >= 4 is 27.5 Å². The van der Waals surface area contributed by atoms with Crippen LogP contribution < -0.4 is 9.83 Å². The second-order valence-corrected chi connectivity index (χ2v) is 7.11. The average Bonchev–Trinajstić information content (AvgIpc) is 2.97. The molecule has 1 N–H and O–H groups in total. The first-order valence-electron chi connectivity index (χ1n) is 7.23. The summed E-state index contributed by atoms with van der Waals surface area (Å²) in [7, 11) is -4.21. The minimum atomic E-state index is -4.21. The first-order chi connectivity index (χ1) is 11.7. The quantitative estimate of drug-likeness (QED) is 0.704. The van der Waals surface area contributed by atoms with Gasteiger partial charge in [0.25, 0.3) is 21.0 Å². The van der Waals surface area contributed by atoms with Gasteiger partial charge in [0.1, 0.15) is 0 Å². The minimum Gasteiger partial charge on any atom is -0.545 e. The number of aryl methyl sites for hydroxylation is 3. The number of aromatic nitrogens is 4. The van der Waals surface area contributed by atoms with Gasteiger partial charge in [0, 0.05) is 17.5 Å². The summed E-state index contributed by atoms with van der Waals surface area (Å²) in [5.41, 5.74) is 1.18. The Morgan fingerprint density at radius 1 is 1.16 bits per heavy atom. The molecule has 0 saturated carbocycles. The number of aromatic carboxylic acids is 1. The number of benzene rings is 1. The molecule has 0 radical (unpaired) electrons. The molecule has 0 atom stereocenters. The molecule has 0 saturated heterocycles. The SMILES string of the molecule is Cc1ccc(C)c(C(=O)[O-])c1NS(=O)(=O)c1nc2nccc(C)n2n1. The van der Waals surface area contributed by atoms with Crippen molar-refractivity contribution in [2.24, 2.45) is 0 Å². The van der Waals surface area contributed by atoms with E-state index in [1.165, 1.54) is 10.7 Å². The lowest BCUT2D eigenvalue weighted by Crippen LogP contribution is -2.26. The highest BCUT2D eigenvalue weighted by atomic mass is 32.2. The maximum absolute atomic E-state index is 12.6. The standard InChI is InChI=1S/C15H15N5O4S/c1-8-4-5-9(2)12(11(8)13(21)22)19-25(23,24)15-17-14-16-7-6-10(3)20(14)18-15/h4-7,19H,1-3H3,(H,21,22)/p-1. The summed E-state index contributed by atoms with van der Waals surface area (Å²) >= 11 is 0. The molecule has 10 heteroatoms. The van der Waals surface area contributed by atoms with E-state index in [9.17, 15) is 18.3 Å². The molecule has 130 valence electrons. The third-order valence-electron chi connectivity index (χ3n) is 3.71. The second kappa shape index (κ2) is 5.81.